The Balaban J connectivity index is 1.89. The van der Waals surface area contributed by atoms with E-state index in [1.807, 2.05) is 39.0 Å². The Bertz CT molecular complexity index is 792. The Kier molecular flexibility index (Phi) is 3.97. The zero-order valence-electron chi connectivity index (χ0n) is 11.9. The van der Waals surface area contributed by atoms with Crippen molar-refractivity contribution in [1.29, 1.82) is 0 Å². The van der Waals surface area contributed by atoms with Crippen LogP contribution in [0.3, 0.4) is 0 Å². The number of anilines is 2. The van der Waals surface area contributed by atoms with Crippen LogP contribution in [0.15, 0.2) is 23.6 Å². The monoisotopic (exact) mass is 335 g/mol. The van der Waals surface area contributed by atoms with Gasteiger partial charge in [0.25, 0.3) is 0 Å². The number of hydrogen-bond acceptors (Lipinski definition) is 5. The molecule has 0 fully saturated rings. The van der Waals surface area contributed by atoms with Gasteiger partial charge in [0.2, 0.25) is 0 Å². The lowest BCUT2D eigenvalue weighted by atomic mass is 10.2. The summed E-state index contributed by atoms with van der Waals surface area (Å²) in [7, 11) is 0. The van der Waals surface area contributed by atoms with E-state index in [4.69, 9.17) is 11.6 Å². The molecule has 0 spiro atoms. The first kappa shape index (κ1) is 14.5. The van der Waals surface area contributed by atoms with Crippen LogP contribution in [0.25, 0.3) is 10.6 Å². The van der Waals surface area contributed by atoms with E-state index in [1.165, 1.54) is 0 Å². The van der Waals surface area contributed by atoms with Crippen LogP contribution in [-0.4, -0.2) is 9.97 Å². The van der Waals surface area contributed by atoms with E-state index in [9.17, 15) is 0 Å². The third kappa shape index (κ3) is 3.10. The summed E-state index contributed by atoms with van der Waals surface area (Å²) in [6.07, 6.45) is 0. The number of thiazole rings is 2. The summed E-state index contributed by atoms with van der Waals surface area (Å²) >= 11 is 9.31. The van der Waals surface area contributed by atoms with Gasteiger partial charge in [0.15, 0.2) is 5.13 Å². The van der Waals surface area contributed by atoms with Crippen LogP contribution >= 0.6 is 34.3 Å². The van der Waals surface area contributed by atoms with E-state index in [1.54, 1.807) is 22.7 Å². The number of halogens is 1. The second kappa shape index (κ2) is 5.75. The van der Waals surface area contributed by atoms with Crippen molar-refractivity contribution >= 4 is 45.1 Å². The quantitative estimate of drug-likeness (QED) is 0.678. The molecule has 0 saturated carbocycles. The van der Waals surface area contributed by atoms with Crippen LogP contribution in [0.2, 0.25) is 5.02 Å². The minimum absolute atomic E-state index is 0.716. The molecule has 21 heavy (non-hydrogen) atoms. The van der Waals surface area contributed by atoms with Crippen LogP contribution in [0, 0.1) is 20.8 Å². The highest BCUT2D eigenvalue weighted by Crippen LogP contribution is 2.33. The average Bonchev–Trinajstić information content (AvgIpc) is 3.00. The highest BCUT2D eigenvalue weighted by atomic mass is 35.5. The molecule has 0 aliphatic rings. The number of nitrogens with zero attached hydrogens (tertiary/aromatic N) is 2. The van der Waals surface area contributed by atoms with Crippen LogP contribution in [0.4, 0.5) is 10.8 Å². The molecule has 0 radical (unpaired) electrons. The normalized spacial score (nSPS) is 10.9. The summed E-state index contributed by atoms with van der Waals surface area (Å²) in [6.45, 7) is 6.08. The molecule has 1 N–H and O–H groups in total. The van der Waals surface area contributed by atoms with Gasteiger partial charge >= 0.3 is 0 Å². The number of rotatable bonds is 3. The summed E-state index contributed by atoms with van der Waals surface area (Å²) < 4.78 is 0. The molecule has 2 aromatic heterocycles. The summed E-state index contributed by atoms with van der Waals surface area (Å²) in [6, 6.07) is 5.80. The molecule has 0 amide bonds. The number of aryl methyl sites for hydroxylation is 3. The molecule has 108 valence electrons. The minimum atomic E-state index is 0.716. The van der Waals surface area contributed by atoms with Crippen molar-refractivity contribution < 1.29 is 0 Å². The summed E-state index contributed by atoms with van der Waals surface area (Å²) in [4.78, 5) is 10.2. The van der Waals surface area contributed by atoms with Crippen molar-refractivity contribution in [1.82, 2.24) is 9.97 Å². The summed E-state index contributed by atoms with van der Waals surface area (Å²) in [5.41, 5.74) is 4.14. The lowest BCUT2D eigenvalue weighted by Crippen LogP contribution is -1.92. The highest BCUT2D eigenvalue weighted by molar-refractivity contribution is 7.16. The minimum Gasteiger partial charge on any atom is -0.331 e. The number of hydrogen-bond donors (Lipinski definition) is 1. The molecular weight excluding hydrogens is 322 g/mol. The maximum atomic E-state index is 6.04. The van der Waals surface area contributed by atoms with Gasteiger partial charge in [-0.3, -0.25) is 0 Å². The molecular formula is C15H14ClN3S2. The fourth-order valence-corrected chi connectivity index (χ4v) is 3.89. The van der Waals surface area contributed by atoms with Crippen molar-refractivity contribution in [3.63, 3.8) is 0 Å². The van der Waals surface area contributed by atoms with Crippen LogP contribution in [-0.2, 0) is 0 Å². The van der Waals surface area contributed by atoms with Gasteiger partial charge in [0, 0.05) is 16.1 Å². The smallest absolute Gasteiger partial charge is 0.187 e. The Labute approximate surface area is 136 Å². The number of benzene rings is 1. The largest absolute Gasteiger partial charge is 0.331 e. The molecule has 3 nitrogen and oxygen atoms in total. The molecule has 3 rings (SSSR count). The van der Waals surface area contributed by atoms with Crippen molar-refractivity contribution in [2.45, 2.75) is 20.8 Å². The number of nitrogens with one attached hydrogen (secondary N) is 1. The lowest BCUT2D eigenvalue weighted by Gasteiger charge is -2.06. The summed E-state index contributed by atoms with van der Waals surface area (Å²) in [5, 5.41) is 8.04. The van der Waals surface area contributed by atoms with Gasteiger partial charge in [-0.25, -0.2) is 9.97 Å². The van der Waals surface area contributed by atoms with Crippen molar-refractivity contribution in [3.8, 4) is 10.6 Å². The SMILES string of the molecule is Cc1nc(C)c(-c2csc(Nc3cc(Cl)ccc3C)n2)s1. The second-order valence-corrected chi connectivity index (χ2v) is 7.27. The lowest BCUT2D eigenvalue weighted by molar-refractivity contribution is 1.20. The van der Waals surface area contributed by atoms with Crippen LogP contribution in [0.5, 0.6) is 0 Å². The molecule has 2 heterocycles. The molecule has 0 aliphatic heterocycles. The molecule has 1 aromatic carbocycles. The van der Waals surface area contributed by atoms with Gasteiger partial charge < -0.3 is 5.32 Å². The Hall–Kier alpha value is -1.43. The molecule has 0 saturated heterocycles. The van der Waals surface area contributed by atoms with Gasteiger partial charge in [-0.2, -0.15) is 0 Å². The van der Waals surface area contributed by atoms with Crippen molar-refractivity contribution in [2.24, 2.45) is 0 Å². The van der Waals surface area contributed by atoms with Gasteiger partial charge in [-0.15, -0.1) is 22.7 Å². The average molecular weight is 336 g/mol. The van der Waals surface area contributed by atoms with E-state index in [0.717, 1.165) is 37.7 Å². The van der Waals surface area contributed by atoms with Crippen LogP contribution in [0.1, 0.15) is 16.3 Å². The van der Waals surface area contributed by atoms with Gasteiger partial charge in [-0.05, 0) is 38.5 Å². The number of aromatic nitrogens is 2. The zero-order valence-corrected chi connectivity index (χ0v) is 14.3. The van der Waals surface area contributed by atoms with E-state index in [2.05, 4.69) is 20.7 Å². The maximum absolute atomic E-state index is 6.04. The maximum Gasteiger partial charge on any atom is 0.187 e. The van der Waals surface area contributed by atoms with Crippen molar-refractivity contribution in [2.75, 3.05) is 5.32 Å². The molecule has 0 bridgehead atoms. The van der Waals surface area contributed by atoms with Crippen LogP contribution < -0.4 is 5.32 Å². The fraction of sp³-hybridized carbons (Fsp3) is 0.200. The van der Waals surface area contributed by atoms with E-state index in [0.29, 0.717) is 5.02 Å². The Morgan fingerprint density at radius 3 is 2.67 bits per heavy atom. The molecule has 0 unspecified atom stereocenters. The highest BCUT2D eigenvalue weighted by Gasteiger charge is 2.12. The van der Waals surface area contributed by atoms with Gasteiger partial charge in [0.05, 0.1) is 21.3 Å². The Morgan fingerprint density at radius 1 is 1.14 bits per heavy atom. The van der Waals surface area contributed by atoms with Gasteiger partial charge in [0.1, 0.15) is 0 Å². The van der Waals surface area contributed by atoms with E-state index in [-0.39, 0.29) is 0 Å². The predicted molar refractivity (Wildman–Crippen MR) is 92.2 cm³/mol. The first-order valence-electron chi connectivity index (χ1n) is 6.46. The van der Waals surface area contributed by atoms with E-state index >= 15 is 0 Å². The molecule has 3 aromatic rings. The third-order valence-electron chi connectivity index (χ3n) is 3.08. The zero-order chi connectivity index (χ0) is 15.0. The first-order valence-corrected chi connectivity index (χ1v) is 8.53. The standard InChI is InChI=1S/C15H14ClN3S2/c1-8-4-5-11(16)6-12(8)18-15-19-13(7-20-15)14-9(2)17-10(3)21-14/h4-7H,1-3H3,(H,18,19). The predicted octanol–water partition coefficient (Wildman–Crippen LogP) is 5.59. The third-order valence-corrected chi connectivity index (χ3v) is 5.17. The van der Waals surface area contributed by atoms with Gasteiger partial charge in [-0.1, -0.05) is 17.7 Å². The fourth-order valence-electron chi connectivity index (χ4n) is 2.05. The van der Waals surface area contributed by atoms with Crippen molar-refractivity contribution in [3.05, 3.63) is 44.9 Å². The molecule has 0 aliphatic carbocycles. The van der Waals surface area contributed by atoms with E-state index < -0.39 is 0 Å². The topological polar surface area (TPSA) is 37.8 Å². The first-order chi connectivity index (χ1) is 10.0. The molecule has 0 atom stereocenters. The Morgan fingerprint density at radius 2 is 1.95 bits per heavy atom. The second-order valence-electron chi connectivity index (χ2n) is 4.77. The molecule has 6 heteroatoms. The summed E-state index contributed by atoms with van der Waals surface area (Å²) in [5.74, 6) is 0.